The Balaban J connectivity index is 3.08. The largest absolute Gasteiger partial charge is 0.120 e. The van der Waals surface area contributed by atoms with Gasteiger partial charge in [0.1, 0.15) is 0 Å². The van der Waals surface area contributed by atoms with Crippen molar-refractivity contribution < 1.29 is 0 Å². The fourth-order valence-electron chi connectivity index (χ4n) is 0.436. The average Bonchev–Trinajstić information content (AvgIpc) is 1.89. The Morgan fingerprint density at radius 3 is 2.33 bits per heavy atom. The van der Waals surface area contributed by atoms with E-state index in [4.69, 9.17) is 6.42 Å². The van der Waals surface area contributed by atoms with Gasteiger partial charge in [0.05, 0.1) is 0 Å². The maximum atomic E-state index is 5.03. The standard InChI is InChI=1S/C9H12/c1-3-5-7-9-8-6-4-2/h1H,4-7H2,2H3. The monoisotopic (exact) mass is 120 g/mol. The summed E-state index contributed by atoms with van der Waals surface area (Å²) in [5.74, 6) is 8.56. The molecule has 0 aromatic carbocycles. The molecule has 0 atom stereocenters. The summed E-state index contributed by atoms with van der Waals surface area (Å²) in [5.41, 5.74) is 0. The summed E-state index contributed by atoms with van der Waals surface area (Å²) in [6.45, 7) is 2.12. The molecule has 9 heavy (non-hydrogen) atoms. The van der Waals surface area contributed by atoms with Gasteiger partial charge in [-0.05, 0) is 6.42 Å². The molecule has 0 nitrogen and oxygen atoms in total. The molecule has 0 bridgehead atoms. The molecule has 0 rings (SSSR count). The number of hydrogen-bond donors (Lipinski definition) is 0. The molecule has 0 fully saturated rings. The molecule has 0 spiro atoms. The van der Waals surface area contributed by atoms with E-state index >= 15 is 0 Å². The van der Waals surface area contributed by atoms with Crippen LogP contribution in [-0.2, 0) is 0 Å². The first-order chi connectivity index (χ1) is 4.41. The van der Waals surface area contributed by atoms with Crippen molar-refractivity contribution in [1.82, 2.24) is 0 Å². The van der Waals surface area contributed by atoms with E-state index in [2.05, 4.69) is 24.7 Å². The number of rotatable bonds is 2. The normalized spacial score (nSPS) is 7.11. The summed E-state index contributed by atoms with van der Waals surface area (Å²) in [6, 6.07) is 0. The third-order valence-corrected chi connectivity index (χ3v) is 0.894. The minimum atomic E-state index is 0.788. The van der Waals surface area contributed by atoms with Crippen LogP contribution in [0.5, 0.6) is 0 Å². The summed E-state index contributed by atoms with van der Waals surface area (Å²) >= 11 is 0. The Bertz CT molecular complexity index is 138. The van der Waals surface area contributed by atoms with E-state index in [1.807, 2.05) is 0 Å². The SMILES string of the molecule is C#CCCC#CCCC. The molecule has 0 amide bonds. The van der Waals surface area contributed by atoms with E-state index in [-0.39, 0.29) is 0 Å². The minimum Gasteiger partial charge on any atom is -0.120 e. The van der Waals surface area contributed by atoms with Gasteiger partial charge in [-0.2, -0.15) is 0 Å². The van der Waals surface area contributed by atoms with Crippen molar-refractivity contribution in [1.29, 1.82) is 0 Å². The molecule has 0 heteroatoms. The Morgan fingerprint density at radius 2 is 1.78 bits per heavy atom. The Kier molecular flexibility index (Phi) is 6.42. The number of terminal acetylenes is 1. The quantitative estimate of drug-likeness (QED) is 0.387. The molecule has 0 aliphatic rings. The summed E-state index contributed by atoms with van der Waals surface area (Å²) in [7, 11) is 0. The highest BCUT2D eigenvalue weighted by atomic mass is 13.8. The summed E-state index contributed by atoms with van der Waals surface area (Å²) in [6.07, 6.45) is 8.82. The van der Waals surface area contributed by atoms with Gasteiger partial charge in [0.25, 0.3) is 0 Å². The second kappa shape index (κ2) is 7.12. The fourth-order valence-corrected chi connectivity index (χ4v) is 0.436. The Morgan fingerprint density at radius 1 is 1.11 bits per heavy atom. The van der Waals surface area contributed by atoms with Crippen molar-refractivity contribution in [2.24, 2.45) is 0 Å². The summed E-state index contributed by atoms with van der Waals surface area (Å²) < 4.78 is 0. The molecule has 48 valence electrons. The highest BCUT2D eigenvalue weighted by molar-refractivity contribution is 5.01. The lowest BCUT2D eigenvalue weighted by Crippen LogP contribution is -1.65. The van der Waals surface area contributed by atoms with E-state index < -0.39 is 0 Å². The van der Waals surface area contributed by atoms with Crippen LogP contribution in [0.4, 0.5) is 0 Å². The minimum absolute atomic E-state index is 0.788. The predicted octanol–water partition coefficient (Wildman–Crippen LogP) is 2.20. The lowest BCUT2D eigenvalue weighted by Gasteiger charge is -1.78. The lowest BCUT2D eigenvalue weighted by molar-refractivity contribution is 0.979. The van der Waals surface area contributed by atoms with Crippen LogP contribution in [0.2, 0.25) is 0 Å². The molecule has 0 aromatic heterocycles. The maximum absolute atomic E-state index is 5.03. The first kappa shape index (κ1) is 8.12. The van der Waals surface area contributed by atoms with Gasteiger partial charge in [-0.25, -0.2) is 0 Å². The van der Waals surface area contributed by atoms with E-state index in [0.717, 1.165) is 25.7 Å². The molecule has 0 N–H and O–H groups in total. The van der Waals surface area contributed by atoms with Gasteiger partial charge in [0.2, 0.25) is 0 Å². The van der Waals surface area contributed by atoms with Crippen molar-refractivity contribution in [3.63, 3.8) is 0 Å². The molecule has 0 radical (unpaired) electrons. The van der Waals surface area contributed by atoms with Crippen LogP contribution in [0.1, 0.15) is 32.6 Å². The zero-order valence-electron chi connectivity index (χ0n) is 5.91. The van der Waals surface area contributed by atoms with Crippen molar-refractivity contribution in [3.05, 3.63) is 0 Å². The highest BCUT2D eigenvalue weighted by Gasteiger charge is 1.72. The van der Waals surface area contributed by atoms with Crippen molar-refractivity contribution in [2.75, 3.05) is 0 Å². The Hall–Kier alpha value is -0.880. The van der Waals surface area contributed by atoms with Crippen molar-refractivity contribution in [3.8, 4) is 24.2 Å². The van der Waals surface area contributed by atoms with Crippen LogP contribution in [0.25, 0.3) is 0 Å². The van der Waals surface area contributed by atoms with Gasteiger partial charge in [-0.3, -0.25) is 0 Å². The summed E-state index contributed by atoms with van der Waals surface area (Å²) in [4.78, 5) is 0. The average molecular weight is 120 g/mol. The number of unbranched alkanes of at least 4 members (excludes halogenated alkanes) is 2. The van der Waals surface area contributed by atoms with Gasteiger partial charge in [-0.15, -0.1) is 24.2 Å². The van der Waals surface area contributed by atoms with Crippen molar-refractivity contribution >= 4 is 0 Å². The molecular formula is C9H12. The number of hydrogen-bond acceptors (Lipinski definition) is 0. The van der Waals surface area contributed by atoms with Crippen LogP contribution in [0, 0.1) is 24.2 Å². The predicted molar refractivity (Wildman–Crippen MR) is 40.8 cm³/mol. The van der Waals surface area contributed by atoms with E-state index in [0.29, 0.717) is 0 Å². The zero-order chi connectivity index (χ0) is 6.95. The molecular weight excluding hydrogens is 108 g/mol. The second-order valence-electron chi connectivity index (χ2n) is 1.81. The van der Waals surface area contributed by atoms with E-state index in [1.54, 1.807) is 0 Å². The molecule has 0 unspecified atom stereocenters. The lowest BCUT2D eigenvalue weighted by atomic mass is 10.3. The molecule has 0 aromatic rings. The third-order valence-electron chi connectivity index (χ3n) is 0.894. The van der Waals surface area contributed by atoms with Crippen LogP contribution < -0.4 is 0 Å². The van der Waals surface area contributed by atoms with Crippen LogP contribution in [0.15, 0.2) is 0 Å². The molecule has 0 saturated carbocycles. The van der Waals surface area contributed by atoms with E-state index in [9.17, 15) is 0 Å². The summed E-state index contributed by atoms with van der Waals surface area (Å²) in [5, 5.41) is 0. The van der Waals surface area contributed by atoms with Crippen LogP contribution >= 0.6 is 0 Å². The Labute approximate surface area is 57.7 Å². The highest BCUT2D eigenvalue weighted by Crippen LogP contribution is 1.85. The van der Waals surface area contributed by atoms with Gasteiger partial charge in [0.15, 0.2) is 0 Å². The molecule has 0 aliphatic carbocycles. The van der Waals surface area contributed by atoms with Crippen LogP contribution in [-0.4, -0.2) is 0 Å². The molecule has 0 aliphatic heterocycles. The van der Waals surface area contributed by atoms with Gasteiger partial charge >= 0.3 is 0 Å². The van der Waals surface area contributed by atoms with Gasteiger partial charge in [0, 0.05) is 19.3 Å². The zero-order valence-corrected chi connectivity index (χ0v) is 5.91. The first-order valence-corrected chi connectivity index (χ1v) is 3.31. The van der Waals surface area contributed by atoms with E-state index in [1.165, 1.54) is 0 Å². The van der Waals surface area contributed by atoms with Gasteiger partial charge < -0.3 is 0 Å². The van der Waals surface area contributed by atoms with Crippen LogP contribution in [0.3, 0.4) is 0 Å². The maximum Gasteiger partial charge on any atom is 0.0198 e. The second-order valence-corrected chi connectivity index (χ2v) is 1.81. The topological polar surface area (TPSA) is 0 Å². The third kappa shape index (κ3) is 7.12. The fraction of sp³-hybridized carbons (Fsp3) is 0.556. The first-order valence-electron chi connectivity index (χ1n) is 3.31. The molecule has 0 heterocycles. The van der Waals surface area contributed by atoms with Gasteiger partial charge in [-0.1, -0.05) is 6.92 Å². The smallest absolute Gasteiger partial charge is 0.0198 e. The molecule has 0 saturated heterocycles. The van der Waals surface area contributed by atoms with Crippen molar-refractivity contribution in [2.45, 2.75) is 32.6 Å².